The van der Waals surface area contributed by atoms with E-state index >= 15 is 0 Å². The number of hydrogen-bond donors (Lipinski definition) is 2. The van der Waals surface area contributed by atoms with Crippen molar-refractivity contribution in [2.75, 3.05) is 5.32 Å². The van der Waals surface area contributed by atoms with Gasteiger partial charge in [0.05, 0.1) is 28.5 Å². The van der Waals surface area contributed by atoms with Crippen LogP contribution in [0, 0.1) is 0 Å². The zero-order chi connectivity index (χ0) is 13.1. The molecule has 94 valence electrons. The van der Waals surface area contributed by atoms with Gasteiger partial charge in [-0.3, -0.25) is 4.68 Å². The molecule has 0 saturated carbocycles. The minimum atomic E-state index is -0.991. The fraction of sp³-hybridized carbons (Fsp3) is 0.167. The van der Waals surface area contributed by atoms with Gasteiger partial charge in [-0.1, -0.05) is 11.6 Å². The number of aromatic carboxylic acids is 1. The Bertz CT molecular complexity index is 580. The molecule has 1 heterocycles. The van der Waals surface area contributed by atoms with Crippen LogP contribution in [0.15, 0.2) is 30.5 Å². The predicted molar refractivity (Wildman–Crippen MR) is 68.9 cm³/mol. The van der Waals surface area contributed by atoms with Gasteiger partial charge in [-0.25, -0.2) is 4.79 Å². The summed E-state index contributed by atoms with van der Waals surface area (Å²) in [5.74, 6) is -0.991. The first-order chi connectivity index (χ1) is 8.58. The Balaban J connectivity index is 2.11. The molecule has 5 nitrogen and oxygen atoms in total. The van der Waals surface area contributed by atoms with E-state index in [1.54, 1.807) is 16.9 Å². The van der Waals surface area contributed by atoms with E-state index in [9.17, 15) is 4.79 Å². The second kappa shape index (κ2) is 5.10. The Morgan fingerprint density at radius 2 is 2.28 bits per heavy atom. The van der Waals surface area contributed by atoms with Gasteiger partial charge in [0.1, 0.15) is 0 Å². The summed E-state index contributed by atoms with van der Waals surface area (Å²) in [7, 11) is 1.85. The zero-order valence-electron chi connectivity index (χ0n) is 9.72. The number of carboxylic acid groups (broad SMARTS) is 1. The Kier molecular flexibility index (Phi) is 3.53. The Hall–Kier alpha value is -2.01. The highest BCUT2D eigenvalue weighted by molar-refractivity contribution is 6.33. The number of benzene rings is 1. The Morgan fingerprint density at radius 3 is 2.83 bits per heavy atom. The van der Waals surface area contributed by atoms with Gasteiger partial charge in [-0.05, 0) is 24.3 Å². The standard InChI is InChI=1S/C12H12ClN3O2/c1-16-9(4-5-15-16)7-14-11-3-2-8(12(17)18)6-10(11)13/h2-6,14H,7H2,1H3,(H,17,18). The molecular formula is C12H12ClN3O2. The van der Waals surface area contributed by atoms with Crippen molar-refractivity contribution in [2.24, 2.45) is 7.05 Å². The number of halogens is 1. The molecule has 0 aliphatic carbocycles. The number of carboxylic acids is 1. The van der Waals surface area contributed by atoms with Gasteiger partial charge in [0.25, 0.3) is 0 Å². The minimum absolute atomic E-state index is 0.172. The van der Waals surface area contributed by atoms with Crippen molar-refractivity contribution in [1.29, 1.82) is 0 Å². The first-order valence-corrected chi connectivity index (χ1v) is 5.69. The van der Waals surface area contributed by atoms with Gasteiger partial charge in [0, 0.05) is 13.2 Å². The van der Waals surface area contributed by atoms with Crippen molar-refractivity contribution >= 4 is 23.3 Å². The summed E-state index contributed by atoms with van der Waals surface area (Å²) < 4.78 is 1.76. The van der Waals surface area contributed by atoms with Gasteiger partial charge >= 0.3 is 5.97 Å². The first-order valence-electron chi connectivity index (χ1n) is 5.31. The third-order valence-electron chi connectivity index (χ3n) is 2.60. The third kappa shape index (κ3) is 2.62. The number of nitrogens with zero attached hydrogens (tertiary/aromatic N) is 2. The zero-order valence-corrected chi connectivity index (χ0v) is 10.5. The molecule has 1 aromatic carbocycles. The van der Waals surface area contributed by atoms with E-state index in [1.807, 2.05) is 13.1 Å². The number of rotatable bonds is 4. The lowest BCUT2D eigenvalue weighted by Crippen LogP contribution is -2.06. The van der Waals surface area contributed by atoms with Crippen LogP contribution < -0.4 is 5.32 Å². The number of aromatic nitrogens is 2. The van der Waals surface area contributed by atoms with Crippen LogP contribution in [0.25, 0.3) is 0 Å². The Labute approximate surface area is 109 Å². The molecule has 0 aliphatic heterocycles. The molecule has 18 heavy (non-hydrogen) atoms. The van der Waals surface area contributed by atoms with E-state index in [0.29, 0.717) is 17.3 Å². The summed E-state index contributed by atoms with van der Waals surface area (Å²) in [4.78, 5) is 10.8. The lowest BCUT2D eigenvalue weighted by Gasteiger charge is -2.09. The van der Waals surface area contributed by atoms with E-state index in [1.165, 1.54) is 12.1 Å². The third-order valence-corrected chi connectivity index (χ3v) is 2.91. The summed E-state index contributed by atoms with van der Waals surface area (Å²) in [5, 5.41) is 16.4. The SMILES string of the molecule is Cn1nccc1CNc1ccc(C(=O)O)cc1Cl. The number of anilines is 1. The van der Waals surface area contributed by atoms with Crippen molar-refractivity contribution in [3.63, 3.8) is 0 Å². The van der Waals surface area contributed by atoms with Crippen LogP contribution >= 0.6 is 11.6 Å². The van der Waals surface area contributed by atoms with Gasteiger partial charge < -0.3 is 10.4 Å². The molecule has 0 amide bonds. The monoisotopic (exact) mass is 265 g/mol. The summed E-state index contributed by atoms with van der Waals surface area (Å²) in [6.45, 7) is 0.572. The van der Waals surface area contributed by atoms with Crippen LogP contribution in [0.4, 0.5) is 5.69 Å². The summed E-state index contributed by atoms with van der Waals surface area (Å²) in [6.07, 6.45) is 1.71. The maximum absolute atomic E-state index is 10.8. The predicted octanol–water partition coefficient (Wildman–Crippen LogP) is 2.38. The van der Waals surface area contributed by atoms with E-state index in [0.717, 1.165) is 5.69 Å². The van der Waals surface area contributed by atoms with Crippen LogP contribution in [0.1, 0.15) is 16.1 Å². The largest absolute Gasteiger partial charge is 0.478 e. The lowest BCUT2D eigenvalue weighted by molar-refractivity contribution is 0.0697. The second-order valence-corrected chi connectivity index (χ2v) is 4.21. The maximum Gasteiger partial charge on any atom is 0.335 e. The summed E-state index contributed by atoms with van der Waals surface area (Å²) in [6, 6.07) is 6.49. The molecule has 0 fully saturated rings. The van der Waals surface area contributed by atoms with E-state index in [4.69, 9.17) is 16.7 Å². The van der Waals surface area contributed by atoms with E-state index in [-0.39, 0.29) is 5.56 Å². The number of carbonyl (C=O) groups is 1. The van der Waals surface area contributed by atoms with Gasteiger partial charge in [-0.2, -0.15) is 5.10 Å². The van der Waals surface area contributed by atoms with E-state index < -0.39 is 5.97 Å². The smallest absolute Gasteiger partial charge is 0.335 e. The summed E-state index contributed by atoms with van der Waals surface area (Å²) >= 11 is 6.01. The second-order valence-electron chi connectivity index (χ2n) is 3.80. The van der Waals surface area contributed by atoms with Crippen molar-refractivity contribution < 1.29 is 9.90 Å². The average Bonchev–Trinajstić information content (AvgIpc) is 2.73. The minimum Gasteiger partial charge on any atom is -0.478 e. The molecule has 0 spiro atoms. The van der Waals surface area contributed by atoms with Crippen molar-refractivity contribution in [2.45, 2.75) is 6.54 Å². The van der Waals surface area contributed by atoms with Crippen LogP contribution in [-0.4, -0.2) is 20.9 Å². The van der Waals surface area contributed by atoms with Crippen LogP contribution in [0.3, 0.4) is 0 Å². The number of aryl methyl sites for hydroxylation is 1. The van der Waals surface area contributed by atoms with Crippen molar-refractivity contribution in [1.82, 2.24) is 9.78 Å². The average molecular weight is 266 g/mol. The molecule has 1 aromatic heterocycles. The number of nitrogens with one attached hydrogen (secondary N) is 1. The molecule has 0 unspecified atom stereocenters. The van der Waals surface area contributed by atoms with Crippen molar-refractivity contribution in [3.8, 4) is 0 Å². The normalized spacial score (nSPS) is 10.3. The van der Waals surface area contributed by atoms with Crippen LogP contribution in [0.5, 0.6) is 0 Å². The maximum atomic E-state index is 10.8. The van der Waals surface area contributed by atoms with Crippen LogP contribution in [0.2, 0.25) is 5.02 Å². The van der Waals surface area contributed by atoms with Gasteiger partial charge in [0.2, 0.25) is 0 Å². The fourth-order valence-corrected chi connectivity index (χ4v) is 1.80. The molecular weight excluding hydrogens is 254 g/mol. The molecule has 0 saturated heterocycles. The highest BCUT2D eigenvalue weighted by atomic mass is 35.5. The first kappa shape index (κ1) is 12.4. The molecule has 0 radical (unpaired) electrons. The molecule has 2 N–H and O–H groups in total. The van der Waals surface area contributed by atoms with Gasteiger partial charge in [0.15, 0.2) is 0 Å². The summed E-state index contributed by atoms with van der Waals surface area (Å²) in [5.41, 5.74) is 1.88. The molecule has 6 heteroatoms. The highest BCUT2D eigenvalue weighted by Gasteiger charge is 2.07. The molecule has 2 rings (SSSR count). The molecule has 0 atom stereocenters. The fourth-order valence-electron chi connectivity index (χ4n) is 1.55. The Morgan fingerprint density at radius 1 is 1.50 bits per heavy atom. The molecule has 0 aliphatic rings. The topological polar surface area (TPSA) is 67.2 Å². The molecule has 0 bridgehead atoms. The van der Waals surface area contributed by atoms with Crippen molar-refractivity contribution in [3.05, 3.63) is 46.7 Å². The lowest BCUT2D eigenvalue weighted by atomic mass is 10.2. The van der Waals surface area contributed by atoms with Gasteiger partial charge in [-0.15, -0.1) is 0 Å². The quantitative estimate of drug-likeness (QED) is 0.891. The van der Waals surface area contributed by atoms with Crippen LogP contribution in [-0.2, 0) is 13.6 Å². The molecule has 2 aromatic rings. The number of hydrogen-bond acceptors (Lipinski definition) is 3. The highest BCUT2D eigenvalue weighted by Crippen LogP contribution is 2.23. The van der Waals surface area contributed by atoms with E-state index in [2.05, 4.69) is 10.4 Å².